The largest absolute Gasteiger partial charge is 0.483 e. The molecule has 0 aliphatic rings. The minimum Gasteiger partial charge on any atom is -0.483 e. The molecular weight excluding hydrogens is 372 g/mol. The second-order valence-electron chi connectivity index (χ2n) is 5.91. The summed E-state index contributed by atoms with van der Waals surface area (Å²) in [6.07, 6.45) is 0.261. The summed E-state index contributed by atoms with van der Waals surface area (Å²) in [6.45, 7) is 4.78. The summed E-state index contributed by atoms with van der Waals surface area (Å²) in [6, 6.07) is 7.51. The molecule has 1 N–H and O–H groups in total. The molecule has 2 aromatic carbocycles. The molecule has 0 bridgehead atoms. The number of nitrogens with one attached hydrogen (secondary N) is 1. The molecule has 0 saturated carbocycles. The molecule has 0 atom stereocenters. The molecule has 7 nitrogen and oxygen atoms in total. The molecule has 142 valence electrons. The molecule has 0 aliphatic heterocycles. The minimum atomic E-state index is -0.573. The maximum atomic E-state index is 12.3. The van der Waals surface area contributed by atoms with Crippen LogP contribution in [0.2, 0.25) is 5.02 Å². The SMILES string of the molecule is CCC(=O)c1cc(Cl)ccc1OCC(=O)Nc1c([N+](=O)[O-])ccc(C)c1C. The van der Waals surface area contributed by atoms with Crippen LogP contribution in [-0.2, 0) is 4.79 Å². The van der Waals surface area contributed by atoms with Gasteiger partial charge in [-0.05, 0) is 43.2 Å². The summed E-state index contributed by atoms with van der Waals surface area (Å²) >= 11 is 5.92. The van der Waals surface area contributed by atoms with Gasteiger partial charge in [-0.15, -0.1) is 0 Å². The summed E-state index contributed by atoms with van der Waals surface area (Å²) in [5.74, 6) is -0.508. The second-order valence-corrected chi connectivity index (χ2v) is 6.35. The van der Waals surface area contributed by atoms with Gasteiger partial charge in [0.1, 0.15) is 11.4 Å². The molecule has 1 amide bonds. The van der Waals surface area contributed by atoms with Gasteiger partial charge in [0.05, 0.1) is 10.5 Å². The van der Waals surface area contributed by atoms with E-state index < -0.39 is 17.4 Å². The van der Waals surface area contributed by atoms with Gasteiger partial charge in [-0.1, -0.05) is 24.6 Å². The lowest BCUT2D eigenvalue weighted by molar-refractivity contribution is -0.384. The monoisotopic (exact) mass is 390 g/mol. The van der Waals surface area contributed by atoms with Gasteiger partial charge >= 0.3 is 0 Å². The van der Waals surface area contributed by atoms with E-state index in [0.717, 1.165) is 5.56 Å². The van der Waals surface area contributed by atoms with Crippen molar-refractivity contribution >= 4 is 34.7 Å². The van der Waals surface area contributed by atoms with Crippen LogP contribution in [-0.4, -0.2) is 23.2 Å². The lowest BCUT2D eigenvalue weighted by atomic mass is 10.1. The summed E-state index contributed by atoms with van der Waals surface area (Å²) in [7, 11) is 0. The van der Waals surface area contributed by atoms with Crippen LogP contribution < -0.4 is 10.1 Å². The van der Waals surface area contributed by atoms with Crippen LogP contribution >= 0.6 is 11.6 Å². The number of hydrogen-bond acceptors (Lipinski definition) is 5. The van der Waals surface area contributed by atoms with Crippen molar-refractivity contribution in [1.82, 2.24) is 0 Å². The number of rotatable bonds is 7. The first-order valence-electron chi connectivity index (χ1n) is 8.24. The molecule has 0 fully saturated rings. The normalized spacial score (nSPS) is 10.4. The number of nitrogens with zero attached hydrogens (tertiary/aromatic N) is 1. The predicted octanol–water partition coefficient (Wildman–Crippen LogP) is 4.48. The quantitative estimate of drug-likeness (QED) is 0.427. The lowest BCUT2D eigenvalue weighted by Crippen LogP contribution is -2.22. The second kappa shape index (κ2) is 8.64. The van der Waals surface area contributed by atoms with Gasteiger partial charge < -0.3 is 10.1 Å². The van der Waals surface area contributed by atoms with E-state index in [0.29, 0.717) is 10.6 Å². The highest BCUT2D eigenvalue weighted by Gasteiger charge is 2.20. The maximum absolute atomic E-state index is 12.3. The van der Waals surface area contributed by atoms with E-state index in [1.165, 1.54) is 18.2 Å². The van der Waals surface area contributed by atoms with Gasteiger partial charge in [0, 0.05) is 17.5 Å². The highest BCUT2D eigenvalue weighted by molar-refractivity contribution is 6.31. The Morgan fingerprint density at radius 1 is 1.22 bits per heavy atom. The number of hydrogen-bond donors (Lipinski definition) is 1. The van der Waals surface area contributed by atoms with Gasteiger partial charge in [0.15, 0.2) is 12.4 Å². The third kappa shape index (κ3) is 4.83. The summed E-state index contributed by atoms with van der Waals surface area (Å²) < 4.78 is 5.46. The van der Waals surface area contributed by atoms with Crippen molar-refractivity contribution in [2.45, 2.75) is 27.2 Å². The van der Waals surface area contributed by atoms with Crippen LogP contribution in [0.1, 0.15) is 34.8 Å². The predicted molar refractivity (Wildman–Crippen MR) is 103 cm³/mol. The van der Waals surface area contributed by atoms with Gasteiger partial charge in [0.2, 0.25) is 0 Å². The fourth-order valence-electron chi connectivity index (χ4n) is 2.47. The van der Waals surface area contributed by atoms with Crippen molar-refractivity contribution in [2.24, 2.45) is 0 Å². The number of amides is 1. The number of carbonyl (C=O) groups excluding carboxylic acids is 2. The fourth-order valence-corrected chi connectivity index (χ4v) is 2.64. The Morgan fingerprint density at radius 2 is 1.93 bits per heavy atom. The fraction of sp³-hybridized carbons (Fsp3) is 0.263. The van der Waals surface area contributed by atoms with Crippen LogP contribution in [0.15, 0.2) is 30.3 Å². The van der Waals surface area contributed by atoms with Crippen LogP contribution in [0.5, 0.6) is 5.75 Å². The van der Waals surface area contributed by atoms with Crippen LogP contribution in [0.3, 0.4) is 0 Å². The molecule has 2 rings (SSSR count). The van der Waals surface area contributed by atoms with Gasteiger partial charge in [-0.3, -0.25) is 19.7 Å². The van der Waals surface area contributed by atoms with Crippen molar-refractivity contribution in [1.29, 1.82) is 0 Å². The maximum Gasteiger partial charge on any atom is 0.293 e. The topological polar surface area (TPSA) is 98.5 Å². The number of benzene rings is 2. The number of halogens is 1. The highest BCUT2D eigenvalue weighted by Crippen LogP contribution is 2.30. The molecule has 0 heterocycles. The van der Waals surface area contributed by atoms with E-state index in [2.05, 4.69) is 5.32 Å². The number of nitro groups is 1. The standard InChI is InChI=1S/C19H19ClN2O5/c1-4-16(23)14-9-13(20)6-8-17(14)27-10-18(24)21-19-12(3)11(2)5-7-15(19)22(25)26/h5-9H,4,10H2,1-3H3,(H,21,24). The summed E-state index contributed by atoms with van der Waals surface area (Å²) in [4.78, 5) is 34.9. The molecule has 8 heteroatoms. The van der Waals surface area contributed by atoms with Crippen molar-refractivity contribution < 1.29 is 19.2 Å². The molecule has 0 spiro atoms. The van der Waals surface area contributed by atoms with E-state index in [1.807, 2.05) is 0 Å². The number of Topliss-reactive ketones (excluding diaryl/α,β-unsaturated/α-hetero) is 1. The van der Waals surface area contributed by atoms with Crippen LogP contribution in [0, 0.1) is 24.0 Å². The van der Waals surface area contributed by atoms with Gasteiger partial charge in [0.25, 0.3) is 11.6 Å². The Balaban J connectivity index is 2.18. The van der Waals surface area contributed by atoms with Crippen LogP contribution in [0.4, 0.5) is 11.4 Å². The average molecular weight is 391 g/mol. The number of anilines is 1. The third-order valence-corrected chi connectivity index (χ3v) is 4.33. The average Bonchev–Trinajstić information content (AvgIpc) is 2.63. The van der Waals surface area contributed by atoms with Crippen molar-refractivity contribution in [2.75, 3.05) is 11.9 Å². The van der Waals surface area contributed by atoms with Crippen molar-refractivity contribution in [3.63, 3.8) is 0 Å². The first kappa shape index (κ1) is 20.4. The molecule has 0 aromatic heterocycles. The number of nitro benzene ring substituents is 1. The zero-order valence-corrected chi connectivity index (χ0v) is 15.9. The van der Waals surface area contributed by atoms with E-state index >= 15 is 0 Å². The Morgan fingerprint density at radius 3 is 2.56 bits per heavy atom. The number of ketones is 1. The Bertz CT molecular complexity index is 911. The Labute approximate surface area is 161 Å². The molecule has 0 radical (unpaired) electrons. The van der Waals surface area contributed by atoms with Crippen molar-refractivity contribution in [3.8, 4) is 5.75 Å². The smallest absolute Gasteiger partial charge is 0.293 e. The molecule has 0 saturated heterocycles. The van der Waals surface area contributed by atoms with E-state index in [1.54, 1.807) is 32.9 Å². The van der Waals surface area contributed by atoms with E-state index in [9.17, 15) is 19.7 Å². The highest BCUT2D eigenvalue weighted by atomic mass is 35.5. The zero-order chi connectivity index (χ0) is 20.1. The van der Waals surface area contributed by atoms with Gasteiger partial charge in [-0.25, -0.2) is 0 Å². The minimum absolute atomic E-state index is 0.134. The molecule has 27 heavy (non-hydrogen) atoms. The zero-order valence-electron chi connectivity index (χ0n) is 15.2. The number of aryl methyl sites for hydroxylation is 1. The summed E-state index contributed by atoms with van der Waals surface area (Å²) in [5.41, 5.74) is 1.64. The number of ether oxygens (including phenoxy) is 1. The number of carbonyl (C=O) groups is 2. The molecule has 0 unspecified atom stereocenters. The molecular formula is C19H19ClN2O5. The third-order valence-electron chi connectivity index (χ3n) is 4.10. The van der Waals surface area contributed by atoms with Crippen molar-refractivity contribution in [3.05, 3.63) is 62.2 Å². The van der Waals surface area contributed by atoms with Crippen LogP contribution in [0.25, 0.3) is 0 Å². The molecule has 0 aliphatic carbocycles. The van der Waals surface area contributed by atoms with Gasteiger partial charge in [-0.2, -0.15) is 0 Å². The summed E-state index contributed by atoms with van der Waals surface area (Å²) in [5, 5.41) is 14.1. The van der Waals surface area contributed by atoms with E-state index in [4.69, 9.17) is 16.3 Å². The Kier molecular flexibility index (Phi) is 6.52. The van der Waals surface area contributed by atoms with E-state index in [-0.39, 0.29) is 34.9 Å². The lowest BCUT2D eigenvalue weighted by Gasteiger charge is -2.13. The molecule has 2 aromatic rings. The Hall–Kier alpha value is -2.93. The first-order chi connectivity index (χ1) is 12.7. The first-order valence-corrected chi connectivity index (χ1v) is 8.62.